The number of amides is 1. The summed E-state index contributed by atoms with van der Waals surface area (Å²) in [7, 11) is 0. The SMILES string of the molecule is Cc1ccc2sc(N(Cc3cccnc3)C(=O)Cn3cncn3)nc2c1C. The first kappa shape index (κ1) is 17.3. The van der Waals surface area contributed by atoms with Crippen molar-refractivity contribution >= 4 is 32.6 Å². The van der Waals surface area contributed by atoms with Crippen LogP contribution >= 0.6 is 11.3 Å². The summed E-state index contributed by atoms with van der Waals surface area (Å²) in [6.45, 7) is 4.63. The monoisotopic (exact) mass is 378 g/mol. The van der Waals surface area contributed by atoms with E-state index in [1.165, 1.54) is 34.2 Å². The van der Waals surface area contributed by atoms with Crippen LogP contribution in [0.3, 0.4) is 0 Å². The van der Waals surface area contributed by atoms with E-state index in [4.69, 9.17) is 4.98 Å². The molecule has 3 heterocycles. The Morgan fingerprint density at radius 2 is 2.11 bits per heavy atom. The Balaban J connectivity index is 1.72. The number of anilines is 1. The van der Waals surface area contributed by atoms with E-state index in [1.807, 2.05) is 12.1 Å². The minimum atomic E-state index is -0.0993. The van der Waals surface area contributed by atoms with E-state index in [2.05, 4.69) is 41.0 Å². The largest absolute Gasteiger partial charge is 0.282 e. The maximum absolute atomic E-state index is 13.0. The van der Waals surface area contributed by atoms with E-state index in [-0.39, 0.29) is 12.5 Å². The standard InChI is InChI=1S/C19H18N6OS/c1-13-5-6-16-18(14(13)2)23-19(27-16)25(9-15-4-3-7-20-8-15)17(26)10-24-12-21-11-22-24/h3-8,11-12H,9-10H2,1-2H3. The van der Waals surface area contributed by atoms with E-state index in [1.54, 1.807) is 17.3 Å². The van der Waals surface area contributed by atoms with Crippen LogP contribution in [0.1, 0.15) is 16.7 Å². The summed E-state index contributed by atoms with van der Waals surface area (Å²) in [5.74, 6) is -0.0993. The molecule has 0 radical (unpaired) electrons. The van der Waals surface area contributed by atoms with Crippen molar-refractivity contribution in [3.8, 4) is 0 Å². The van der Waals surface area contributed by atoms with E-state index in [9.17, 15) is 4.79 Å². The summed E-state index contributed by atoms with van der Waals surface area (Å²) in [6, 6.07) is 7.96. The van der Waals surface area contributed by atoms with Gasteiger partial charge in [0, 0.05) is 12.4 Å². The molecule has 1 aromatic carbocycles. The molecule has 0 aliphatic rings. The Kier molecular flexibility index (Phi) is 4.64. The van der Waals surface area contributed by atoms with Gasteiger partial charge in [0.1, 0.15) is 19.2 Å². The molecule has 0 aliphatic carbocycles. The zero-order valence-electron chi connectivity index (χ0n) is 15.0. The lowest BCUT2D eigenvalue weighted by molar-refractivity contribution is -0.119. The smallest absolute Gasteiger partial charge is 0.250 e. The van der Waals surface area contributed by atoms with Crippen molar-refractivity contribution in [2.45, 2.75) is 26.9 Å². The quantitative estimate of drug-likeness (QED) is 0.533. The van der Waals surface area contributed by atoms with Crippen LogP contribution < -0.4 is 4.90 Å². The van der Waals surface area contributed by atoms with Crippen molar-refractivity contribution in [2.75, 3.05) is 4.90 Å². The van der Waals surface area contributed by atoms with Crippen LogP contribution in [0.15, 0.2) is 49.3 Å². The Morgan fingerprint density at radius 1 is 1.22 bits per heavy atom. The van der Waals surface area contributed by atoms with Gasteiger partial charge in [0.15, 0.2) is 5.13 Å². The highest BCUT2D eigenvalue weighted by Crippen LogP contribution is 2.32. The van der Waals surface area contributed by atoms with Gasteiger partial charge in [-0.05, 0) is 42.7 Å². The Morgan fingerprint density at radius 3 is 2.85 bits per heavy atom. The molecule has 0 unspecified atom stereocenters. The molecule has 0 bridgehead atoms. The maximum Gasteiger partial charge on any atom is 0.250 e. The number of aryl methyl sites for hydroxylation is 2. The number of hydrogen-bond donors (Lipinski definition) is 0. The second-order valence-corrected chi connectivity index (χ2v) is 7.29. The summed E-state index contributed by atoms with van der Waals surface area (Å²) < 4.78 is 2.58. The number of carbonyl (C=O) groups is 1. The van der Waals surface area contributed by atoms with Crippen LogP contribution in [0.2, 0.25) is 0 Å². The van der Waals surface area contributed by atoms with Gasteiger partial charge in [-0.1, -0.05) is 23.5 Å². The minimum Gasteiger partial charge on any atom is -0.282 e. The summed E-state index contributed by atoms with van der Waals surface area (Å²) in [4.78, 5) is 27.6. The van der Waals surface area contributed by atoms with Gasteiger partial charge >= 0.3 is 0 Å². The van der Waals surface area contributed by atoms with Gasteiger partial charge in [0.05, 0.1) is 16.8 Å². The van der Waals surface area contributed by atoms with Crippen LogP contribution in [0.25, 0.3) is 10.2 Å². The van der Waals surface area contributed by atoms with Crippen LogP contribution in [0.4, 0.5) is 5.13 Å². The first-order chi connectivity index (χ1) is 13.1. The van der Waals surface area contributed by atoms with E-state index in [0.717, 1.165) is 21.3 Å². The summed E-state index contributed by atoms with van der Waals surface area (Å²) >= 11 is 1.52. The molecule has 0 saturated heterocycles. The average molecular weight is 378 g/mol. The fourth-order valence-electron chi connectivity index (χ4n) is 2.80. The number of thiazole rings is 1. The second-order valence-electron chi connectivity index (χ2n) is 6.28. The van der Waals surface area contributed by atoms with Crippen LogP contribution in [-0.4, -0.2) is 30.6 Å². The van der Waals surface area contributed by atoms with Crippen molar-refractivity contribution in [1.82, 2.24) is 24.7 Å². The van der Waals surface area contributed by atoms with Gasteiger partial charge in [-0.3, -0.25) is 14.7 Å². The highest BCUT2D eigenvalue weighted by Gasteiger charge is 2.21. The third-order valence-electron chi connectivity index (χ3n) is 4.43. The number of rotatable bonds is 5. The number of hydrogen-bond acceptors (Lipinski definition) is 6. The number of carbonyl (C=O) groups excluding carboxylic acids is 1. The number of benzene rings is 1. The van der Waals surface area contributed by atoms with E-state index >= 15 is 0 Å². The Hall–Kier alpha value is -3.13. The molecule has 136 valence electrons. The number of aromatic nitrogens is 5. The summed E-state index contributed by atoms with van der Waals surface area (Å²) in [5.41, 5.74) is 4.21. The summed E-state index contributed by atoms with van der Waals surface area (Å²) in [6.07, 6.45) is 6.43. The molecule has 0 saturated carbocycles. The van der Waals surface area contributed by atoms with E-state index < -0.39 is 0 Å². The van der Waals surface area contributed by atoms with Crippen molar-refractivity contribution in [3.05, 3.63) is 66.0 Å². The van der Waals surface area contributed by atoms with Gasteiger partial charge in [-0.2, -0.15) is 5.10 Å². The lowest BCUT2D eigenvalue weighted by Gasteiger charge is -2.19. The molecule has 4 aromatic rings. The van der Waals surface area contributed by atoms with Crippen LogP contribution in [-0.2, 0) is 17.9 Å². The third-order valence-corrected chi connectivity index (χ3v) is 5.48. The molecule has 0 spiro atoms. The van der Waals surface area contributed by atoms with Crippen molar-refractivity contribution in [1.29, 1.82) is 0 Å². The third kappa shape index (κ3) is 3.56. The first-order valence-electron chi connectivity index (χ1n) is 8.50. The van der Waals surface area contributed by atoms with Gasteiger partial charge < -0.3 is 0 Å². The van der Waals surface area contributed by atoms with Crippen molar-refractivity contribution in [2.24, 2.45) is 0 Å². The van der Waals surface area contributed by atoms with Gasteiger partial charge in [0.2, 0.25) is 0 Å². The minimum absolute atomic E-state index is 0.0993. The first-order valence-corrected chi connectivity index (χ1v) is 9.32. The normalized spacial score (nSPS) is 11.0. The molecule has 27 heavy (non-hydrogen) atoms. The molecule has 3 aromatic heterocycles. The lowest BCUT2D eigenvalue weighted by atomic mass is 10.1. The molecule has 7 nitrogen and oxygen atoms in total. The fraction of sp³-hybridized carbons (Fsp3) is 0.211. The molecule has 0 atom stereocenters. The Bertz CT molecular complexity index is 1070. The molecule has 4 rings (SSSR count). The molecule has 0 N–H and O–H groups in total. The number of fused-ring (bicyclic) bond motifs is 1. The zero-order chi connectivity index (χ0) is 18.8. The van der Waals surface area contributed by atoms with Crippen LogP contribution in [0, 0.1) is 13.8 Å². The molecular weight excluding hydrogens is 360 g/mol. The molecule has 8 heteroatoms. The molecular formula is C19H18N6OS. The topological polar surface area (TPSA) is 76.8 Å². The fourth-order valence-corrected chi connectivity index (χ4v) is 3.85. The van der Waals surface area contributed by atoms with Gasteiger partial charge in [-0.15, -0.1) is 0 Å². The average Bonchev–Trinajstić information content (AvgIpc) is 3.33. The second kappa shape index (κ2) is 7.24. The zero-order valence-corrected chi connectivity index (χ0v) is 15.8. The molecule has 0 fully saturated rings. The highest BCUT2D eigenvalue weighted by molar-refractivity contribution is 7.22. The number of pyridine rings is 1. The molecule has 1 amide bonds. The Labute approximate surface area is 160 Å². The highest BCUT2D eigenvalue weighted by atomic mass is 32.1. The number of nitrogens with zero attached hydrogens (tertiary/aromatic N) is 6. The van der Waals surface area contributed by atoms with Crippen molar-refractivity contribution in [3.63, 3.8) is 0 Å². The lowest BCUT2D eigenvalue weighted by Crippen LogP contribution is -2.33. The van der Waals surface area contributed by atoms with Gasteiger partial charge in [-0.25, -0.2) is 14.6 Å². The molecule has 0 aliphatic heterocycles. The predicted octanol–water partition coefficient (Wildman–Crippen LogP) is 3.13. The maximum atomic E-state index is 13.0. The van der Waals surface area contributed by atoms with Gasteiger partial charge in [0.25, 0.3) is 5.91 Å². The van der Waals surface area contributed by atoms with Crippen LogP contribution in [0.5, 0.6) is 0 Å². The van der Waals surface area contributed by atoms with Crippen molar-refractivity contribution < 1.29 is 4.79 Å². The summed E-state index contributed by atoms with van der Waals surface area (Å²) in [5, 5.41) is 4.71. The van der Waals surface area contributed by atoms with E-state index in [0.29, 0.717) is 11.7 Å². The predicted molar refractivity (Wildman–Crippen MR) is 105 cm³/mol.